The van der Waals surface area contributed by atoms with Crippen LogP contribution in [0.4, 0.5) is 0 Å². The van der Waals surface area contributed by atoms with E-state index < -0.39 is 38.3 Å². The molecule has 0 heterocycles. The summed E-state index contributed by atoms with van der Waals surface area (Å²) in [6.45, 7) is 33.4. The minimum atomic E-state index is -3.07. The van der Waals surface area contributed by atoms with Crippen LogP contribution < -0.4 is 0 Å². The number of amides is 1. The number of hydrogen-bond donors (Lipinski definition) is 0. The summed E-state index contributed by atoms with van der Waals surface area (Å²) in [5.41, 5.74) is 0.903. The highest BCUT2D eigenvalue weighted by atomic mass is 31.2. The van der Waals surface area contributed by atoms with E-state index >= 15 is 0 Å². The minimum Gasteiger partial charge on any atom is -0.518 e. The maximum absolute atomic E-state index is 14.3. The summed E-state index contributed by atoms with van der Waals surface area (Å²) in [5, 5.41) is -0.505. The van der Waals surface area contributed by atoms with E-state index in [-0.39, 0.29) is 46.0 Å². The van der Waals surface area contributed by atoms with Gasteiger partial charge in [0.05, 0.1) is 6.42 Å². The van der Waals surface area contributed by atoms with Gasteiger partial charge in [-0.1, -0.05) is 106 Å². The van der Waals surface area contributed by atoms with Crippen molar-refractivity contribution in [1.82, 2.24) is 4.57 Å². The van der Waals surface area contributed by atoms with Crippen LogP contribution in [0.25, 0.3) is 0 Å². The van der Waals surface area contributed by atoms with E-state index in [4.69, 9.17) is 8.64 Å². The number of carbonyl (C=O) groups excluding carboxylic acids is 2. The van der Waals surface area contributed by atoms with Crippen LogP contribution in [-0.4, -0.2) is 60.2 Å². The van der Waals surface area contributed by atoms with Crippen molar-refractivity contribution in [3.8, 4) is 0 Å². The first-order chi connectivity index (χ1) is 18.1. The largest absolute Gasteiger partial charge is 0.518 e. The lowest BCUT2D eigenvalue weighted by Gasteiger charge is -2.49. The Hall–Kier alpha value is -0.999. The molecule has 6 nitrogen and oxygen atoms in total. The molecular formula is C31H60NO5PSi3. The molecule has 41 heavy (non-hydrogen) atoms. The molecule has 1 rings (SSSR count). The summed E-state index contributed by atoms with van der Waals surface area (Å²) in [6, 6.07) is 8.83. The van der Waals surface area contributed by atoms with Crippen LogP contribution in [0.15, 0.2) is 30.3 Å². The second-order valence-electron chi connectivity index (χ2n) is 16.3. The number of benzene rings is 1. The van der Waals surface area contributed by atoms with Crippen molar-refractivity contribution >= 4 is 44.1 Å². The summed E-state index contributed by atoms with van der Waals surface area (Å²) in [7, 11) is -10.5. The highest BCUT2D eigenvalue weighted by Gasteiger charge is 2.51. The molecule has 10 heteroatoms. The zero-order valence-electron chi connectivity index (χ0n) is 29.0. The first kappa shape index (κ1) is 38.0. The van der Waals surface area contributed by atoms with Gasteiger partial charge >= 0.3 is 5.97 Å². The second kappa shape index (κ2) is 12.9. The van der Waals surface area contributed by atoms with Crippen molar-refractivity contribution in [2.75, 3.05) is 12.8 Å². The summed E-state index contributed by atoms with van der Waals surface area (Å²) in [6.07, 6.45) is 0.644. The zero-order chi connectivity index (χ0) is 32.5. The lowest BCUT2D eigenvalue weighted by molar-refractivity contribution is -0.145. The third kappa shape index (κ3) is 10.0. The molecule has 0 spiro atoms. The molecule has 0 radical (unpaired) electrons. The molecular weight excluding hydrogens is 582 g/mol. The molecule has 1 amide bonds. The van der Waals surface area contributed by atoms with Crippen molar-refractivity contribution in [1.29, 1.82) is 0 Å². The number of nitrogens with zero attached hydrogens (tertiary/aromatic N) is 1. The average Bonchev–Trinajstić information content (AvgIpc) is 2.73. The van der Waals surface area contributed by atoms with Crippen LogP contribution in [0.1, 0.15) is 74.3 Å². The fraction of sp³-hybridized carbons (Fsp3) is 0.742. The molecule has 0 saturated heterocycles. The molecule has 1 aromatic rings. The highest BCUT2D eigenvalue weighted by molar-refractivity contribution is 7.59. The van der Waals surface area contributed by atoms with Gasteiger partial charge in [0.15, 0.2) is 15.6 Å². The van der Waals surface area contributed by atoms with Crippen LogP contribution in [0.5, 0.6) is 0 Å². The predicted octanol–water partition coefficient (Wildman–Crippen LogP) is 9.30. The van der Waals surface area contributed by atoms with Gasteiger partial charge in [-0.05, 0) is 53.3 Å². The van der Waals surface area contributed by atoms with E-state index in [1.165, 1.54) is 0 Å². The molecule has 0 bridgehead atoms. The first-order valence-electron chi connectivity index (χ1n) is 14.9. The van der Waals surface area contributed by atoms with Gasteiger partial charge in [0.2, 0.25) is 14.2 Å². The molecule has 1 aromatic carbocycles. The Morgan fingerprint density at radius 1 is 0.805 bits per heavy atom. The van der Waals surface area contributed by atoms with Crippen LogP contribution >= 0.6 is 7.37 Å². The molecule has 0 saturated carbocycles. The molecule has 0 fully saturated rings. The number of rotatable bonds is 11. The third-order valence-electron chi connectivity index (χ3n) is 9.69. The van der Waals surface area contributed by atoms with E-state index in [9.17, 15) is 14.2 Å². The van der Waals surface area contributed by atoms with Gasteiger partial charge in [0.1, 0.15) is 6.04 Å². The molecule has 0 aliphatic carbocycles. The Kier molecular flexibility index (Phi) is 12.0. The molecule has 0 aromatic heterocycles. The van der Waals surface area contributed by atoms with Gasteiger partial charge in [0, 0.05) is 12.8 Å². The molecule has 0 aliphatic heterocycles. The number of carbonyl (C=O) groups is 2. The standard InChI is InChI=1S/C31H60NO5PSi3/c1-29(2,3)39(11,12)32(27(33)24-25-20-18-17-19-21-25)26(28(34)36-40(13,14)30(4,5)6)22-23-38(10,35)37-41(15,16)31(7,8)9/h17-21,26H,22-24H2,1-16H3. The first-order valence-corrected chi connectivity index (χ1v) is 25.9. The van der Waals surface area contributed by atoms with Gasteiger partial charge in [-0.2, -0.15) is 0 Å². The predicted molar refractivity (Wildman–Crippen MR) is 183 cm³/mol. The van der Waals surface area contributed by atoms with Crippen LogP contribution in [-0.2, 0) is 29.2 Å². The van der Waals surface area contributed by atoms with Crippen molar-refractivity contribution in [3.63, 3.8) is 0 Å². The van der Waals surface area contributed by atoms with Crippen LogP contribution in [0, 0.1) is 0 Å². The molecule has 2 atom stereocenters. The monoisotopic (exact) mass is 641 g/mol. The SMILES string of the molecule is CC(C)(C)[Si](C)(C)OC(=O)C(CCP(C)(=O)O[Si](C)(C)C(C)(C)C)N(C(=O)Cc1ccccc1)[Si](C)(C)C(C)(C)C. The van der Waals surface area contributed by atoms with Crippen molar-refractivity contribution in [2.24, 2.45) is 0 Å². The molecule has 236 valence electrons. The van der Waals surface area contributed by atoms with Crippen molar-refractivity contribution in [2.45, 2.75) is 136 Å². The summed E-state index contributed by atoms with van der Waals surface area (Å²) < 4.78 is 28.6. The third-order valence-corrected chi connectivity index (χ3v) is 27.5. The maximum atomic E-state index is 14.3. The normalized spacial score (nSPS) is 16.1. The van der Waals surface area contributed by atoms with Gasteiger partial charge in [-0.25, -0.2) is 0 Å². The van der Waals surface area contributed by atoms with Gasteiger partial charge in [0.25, 0.3) is 8.32 Å². The zero-order valence-corrected chi connectivity index (χ0v) is 32.9. The Morgan fingerprint density at radius 2 is 1.27 bits per heavy atom. The Labute approximate surface area is 255 Å². The second-order valence-corrected chi connectivity index (χ2v) is 33.9. The van der Waals surface area contributed by atoms with E-state index in [2.05, 4.69) is 102 Å². The topological polar surface area (TPSA) is 72.9 Å². The van der Waals surface area contributed by atoms with Gasteiger partial charge < -0.3 is 13.2 Å². The minimum absolute atomic E-state index is 0.0868. The Morgan fingerprint density at radius 3 is 1.68 bits per heavy atom. The quantitative estimate of drug-likeness (QED) is 0.178. The maximum Gasteiger partial charge on any atom is 0.314 e. The lowest BCUT2D eigenvalue weighted by Crippen LogP contribution is -2.64. The van der Waals surface area contributed by atoms with Crippen LogP contribution in [0.2, 0.25) is 54.4 Å². The summed E-state index contributed by atoms with van der Waals surface area (Å²) in [5.74, 6) is -0.466. The smallest absolute Gasteiger partial charge is 0.314 e. The molecule has 2 unspecified atom stereocenters. The Balaban J connectivity index is 3.66. The van der Waals surface area contributed by atoms with Crippen molar-refractivity contribution < 1.29 is 22.8 Å². The highest BCUT2D eigenvalue weighted by Crippen LogP contribution is 2.52. The fourth-order valence-electron chi connectivity index (χ4n) is 3.94. The van der Waals surface area contributed by atoms with E-state index in [0.717, 1.165) is 5.56 Å². The summed E-state index contributed by atoms with van der Waals surface area (Å²) >= 11 is 0. The van der Waals surface area contributed by atoms with Gasteiger partial charge in [-0.15, -0.1) is 0 Å². The summed E-state index contributed by atoms with van der Waals surface area (Å²) in [4.78, 5) is 28.5. The number of hydrogen-bond acceptors (Lipinski definition) is 5. The Bertz CT molecular complexity index is 1100. The molecule has 0 aliphatic rings. The van der Waals surface area contributed by atoms with E-state index in [1.807, 2.05) is 34.9 Å². The average molecular weight is 642 g/mol. The lowest BCUT2D eigenvalue weighted by atomic mass is 10.1. The van der Waals surface area contributed by atoms with Crippen molar-refractivity contribution in [3.05, 3.63) is 35.9 Å². The van der Waals surface area contributed by atoms with Crippen LogP contribution in [0.3, 0.4) is 0 Å². The van der Waals surface area contributed by atoms with E-state index in [1.54, 1.807) is 6.66 Å². The fourth-order valence-corrected chi connectivity index (χ4v) is 13.4. The van der Waals surface area contributed by atoms with E-state index in [0.29, 0.717) is 0 Å². The van der Waals surface area contributed by atoms with Gasteiger partial charge in [-0.3, -0.25) is 14.2 Å². The molecule has 0 N–H and O–H groups in total.